The number of benzene rings is 1. The number of nitrogens with zero attached hydrogens (tertiary/aromatic N) is 1. The van der Waals surface area contributed by atoms with Gasteiger partial charge in [0.1, 0.15) is 17.3 Å². The minimum absolute atomic E-state index is 0.121. The fraction of sp³-hybridized carbons (Fsp3) is 0.476. The van der Waals surface area contributed by atoms with E-state index in [4.69, 9.17) is 4.42 Å². The second-order valence-electron chi connectivity index (χ2n) is 7.26. The van der Waals surface area contributed by atoms with E-state index in [-0.39, 0.29) is 11.6 Å². The summed E-state index contributed by atoms with van der Waals surface area (Å²) in [5.41, 5.74) is 1.45. The first-order valence-corrected chi connectivity index (χ1v) is 9.34. The van der Waals surface area contributed by atoms with Gasteiger partial charge in [0.15, 0.2) is 0 Å². The maximum Gasteiger partial charge on any atom is 0.224 e. The Kier molecular flexibility index (Phi) is 6.09. The van der Waals surface area contributed by atoms with Crippen molar-refractivity contribution in [3.8, 4) is 0 Å². The molecule has 1 aromatic heterocycles. The van der Waals surface area contributed by atoms with Gasteiger partial charge < -0.3 is 9.73 Å². The molecule has 1 fully saturated rings. The molecule has 1 N–H and O–H groups in total. The lowest BCUT2D eigenvalue weighted by atomic mass is 9.93. The van der Waals surface area contributed by atoms with Crippen LogP contribution in [0.3, 0.4) is 0 Å². The minimum Gasteiger partial charge on any atom is -0.465 e. The van der Waals surface area contributed by atoms with Gasteiger partial charge in [-0.25, -0.2) is 4.39 Å². The molecule has 1 aromatic carbocycles. The first-order valence-electron chi connectivity index (χ1n) is 9.34. The van der Waals surface area contributed by atoms with E-state index in [1.54, 1.807) is 18.2 Å². The average Bonchev–Trinajstić information content (AvgIpc) is 2.93. The number of piperidine rings is 1. The summed E-state index contributed by atoms with van der Waals surface area (Å²) in [5.74, 6) is 1.97. The highest BCUT2D eigenvalue weighted by Crippen LogP contribution is 2.24. The molecule has 1 saturated heterocycles. The number of carbonyl (C=O) groups excluding carboxylic acids is 1. The molecule has 1 amide bonds. The van der Waals surface area contributed by atoms with Crippen molar-refractivity contribution in [1.82, 2.24) is 4.90 Å². The van der Waals surface area contributed by atoms with E-state index >= 15 is 0 Å². The van der Waals surface area contributed by atoms with Crippen molar-refractivity contribution in [2.45, 2.75) is 46.1 Å². The number of para-hydroxylation sites is 1. The molecular formula is C21H27FN2O2. The van der Waals surface area contributed by atoms with Crippen LogP contribution < -0.4 is 5.32 Å². The highest BCUT2D eigenvalue weighted by molar-refractivity contribution is 5.90. The lowest BCUT2D eigenvalue weighted by Crippen LogP contribution is -2.35. The fourth-order valence-corrected chi connectivity index (χ4v) is 3.59. The van der Waals surface area contributed by atoms with E-state index in [1.807, 2.05) is 6.92 Å². The molecule has 0 saturated carbocycles. The topological polar surface area (TPSA) is 45.5 Å². The van der Waals surface area contributed by atoms with Crippen molar-refractivity contribution >= 4 is 11.6 Å². The van der Waals surface area contributed by atoms with Gasteiger partial charge in [-0.1, -0.05) is 12.1 Å². The SMILES string of the molecule is Cc1cc(CN2CCCC(CCC(=O)Nc3ccccc3F)C2)oc1C. The molecular weight excluding hydrogens is 331 g/mol. The van der Waals surface area contributed by atoms with Gasteiger partial charge in [0.25, 0.3) is 0 Å². The summed E-state index contributed by atoms with van der Waals surface area (Å²) in [6.45, 7) is 6.93. The van der Waals surface area contributed by atoms with E-state index < -0.39 is 5.82 Å². The summed E-state index contributed by atoms with van der Waals surface area (Å²) < 4.78 is 19.4. The number of halogens is 1. The highest BCUT2D eigenvalue weighted by Gasteiger charge is 2.22. The third-order valence-electron chi connectivity index (χ3n) is 5.13. The third kappa shape index (κ3) is 4.94. The van der Waals surface area contributed by atoms with Crippen LogP contribution in [0, 0.1) is 25.6 Å². The van der Waals surface area contributed by atoms with Gasteiger partial charge >= 0.3 is 0 Å². The number of aryl methyl sites for hydroxylation is 2. The molecule has 2 aromatic rings. The number of likely N-dealkylation sites (tertiary alicyclic amines) is 1. The molecule has 1 atom stereocenters. The Morgan fingerprint density at radius 1 is 1.35 bits per heavy atom. The summed E-state index contributed by atoms with van der Waals surface area (Å²) in [7, 11) is 0. The van der Waals surface area contributed by atoms with Crippen LogP contribution in [0.25, 0.3) is 0 Å². The monoisotopic (exact) mass is 358 g/mol. The summed E-state index contributed by atoms with van der Waals surface area (Å²) in [5, 5.41) is 2.67. The summed E-state index contributed by atoms with van der Waals surface area (Å²) in [6.07, 6.45) is 3.52. The first kappa shape index (κ1) is 18.6. The second kappa shape index (κ2) is 8.49. The number of hydrogen-bond donors (Lipinski definition) is 1. The maximum absolute atomic E-state index is 13.6. The van der Waals surface area contributed by atoms with Crippen LogP contribution in [0.5, 0.6) is 0 Å². The Hall–Kier alpha value is -2.14. The Labute approximate surface area is 154 Å². The number of anilines is 1. The van der Waals surface area contributed by atoms with E-state index in [9.17, 15) is 9.18 Å². The van der Waals surface area contributed by atoms with Crippen LogP contribution in [0.15, 0.2) is 34.7 Å². The highest BCUT2D eigenvalue weighted by atomic mass is 19.1. The summed E-state index contributed by atoms with van der Waals surface area (Å²) in [4.78, 5) is 14.5. The number of amides is 1. The van der Waals surface area contributed by atoms with Crippen molar-refractivity contribution in [3.63, 3.8) is 0 Å². The van der Waals surface area contributed by atoms with Crippen molar-refractivity contribution in [2.75, 3.05) is 18.4 Å². The molecule has 0 radical (unpaired) electrons. The van der Waals surface area contributed by atoms with Gasteiger partial charge in [0, 0.05) is 13.0 Å². The van der Waals surface area contributed by atoms with Crippen LogP contribution >= 0.6 is 0 Å². The molecule has 5 heteroatoms. The van der Waals surface area contributed by atoms with Gasteiger partial charge in [-0.05, 0) is 69.3 Å². The Morgan fingerprint density at radius 2 is 2.15 bits per heavy atom. The normalized spacial score (nSPS) is 18.0. The molecule has 26 heavy (non-hydrogen) atoms. The van der Waals surface area contributed by atoms with Gasteiger partial charge in [-0.2, -0.15) is 0 Å². The van der Waals surface area contributed by atoms with Crippen LogP contribution in [0.1, 0.15) is 42.8 Å². The zero-order valence-corrected chi connectivity index (χ0v) is 15.6. The summed E-state index contributed by atoms with van der Waals surface area (Å²) in [6, 6.07) is 8.38. The molecule has 1 unspecified atom stereocenters. The van der Waals surface area contributed by atoms with Crippen molar-refractivity contribution < 1.29 is 13.6 Å². The minimum atomic E-state index is -0.395. The fourth-order valence-electron chi connectivity index (χ4n) is 3.59. The predicted octanol–water partition coefficient (Wildman–Crippen LogP) is 4.67. The number of carbonyl (C=O) groups is 1. The lowest BCUT2D eigenvalue weighted by molar-refractivity contribution is -0.116. The van der Waals surface area contributed by atoms with E-state index in [0.717, 1.165) is 50.4 Å². The molecule has 140 valence electrons. The molecule has 2 heterocycles. The number of furan rings is 1. The average molecular weight is 358 g/mol. The zero-order chi connectivity index (χ0) is 18.5. The maximum atomic E-state index is 13.6. The molecule has 0 bridgehead atoms. The number of nitrogens with one attached hydrogen (secondary N) is 1. The molecule has 4 nitrogen and oxygen atoms in total. The van der Waals surface area contributed by atoms with Crippen LogP contribution in [0.4, 0.5) is 10.1 Å². The van der Waals surface area contributed by atoms with Gasteiger partial charge in [-0.3, -0.25) is 9.69 Å². The molecule has 0 aliphatic carbocycles. The van der Waals surface area contributed by atoms with Gasteiger partial charge in [0.2, 0.25) is 5.91 Å². The predicted molar refractivity (Wildman–Crippen MR) is 100 cm³/mol. The van der Waals surface area contributed by atoms with Gasteiger partial charge in [-0.15, -0.1) is 0 Å². The first-order chi connectivity index (χ1) is 12.5. The largest absolute Gasteiger partial charge is 0.465 e. The van der Waals surface area contributed by atoms with E-state index in [2.05, 4.69) is 23.2 Å². The Morgan fingerprint density at radius 3 is 2.88 bits per heavy atom. The molecule has 1 aliphatic heterocycles. The smallest absolute Gasteiger partial charge is 0.224 e. The van der Waals surface area contributed by atoms with Crippen LogP contribution in [-0.2, 0) is 11.3 Å². The zero-order valence-electron chi connectivity index (χ0n) is 15.6. The standard InChI is InChI=1S/C21H27FN2O2/c1-15-12-18(26-16(15)2)14-24-11-5-6-17(13-24)9-10-21(25)23-20-8-4-3-7-19(20)22/h3-4,7-8,12,17H,5-6,9-11,13-14H2,1-2H3,(H,23,25). The lowest BCUT2D eigenvalue weighted by Gasteiger charge is -2.32. The quantitative estimate of drug-likeness (QED) is 0.816. The van der Waals surface area contributed by atoms with Crippen molar-refractivity contribution in [1.29, 1.82) is 0 Å². The second-order valence-corrected chi connectivity index (χ2v) is 7.26. The molecule has 1 aliphatic rings. The van der Waals surface area contributed by atoms with Crippen molar-refractivity contribution in [2.24, 2.45) is 5.92 Å². The molecule has 0 spiro atoms. The Balaban J connectivity index is 1.46. The van der Waals surface area contributed by atoms with Crippen LogP contribution in [-0.4, -0.2) is 23.9 Å². The van der Waals surface area contributed by atoms with E-state index in [0.29, 0.717) is 12.3 Å². The van der Waals surface area contributed by atoms with Gasteiger partial charge in [0.05, 0.1) is 12.2 Å². The summed E-state index contributed by atoms with van der Waals surface area (Å²) >= 11 is 0. The van der Waals surface area contributed by atoms with Crippen molar-refractivity contribution in [3.05, 3.63) is 53.2 Å². The number of rotatable bonds is 6. The third-order valence-corrected chi connectivity index (χ3v) is 5.13. The van der Waals surface area contributed by atoms with Crippen LogP contribution in [0.2, 0.25) is 0 Å². The number of hydrogen-bond acceptors (Lipinski definition) is 3. The molecule has 3 rings (SSSR count). The van der Waals surface area contributed by atoms with E-state index in [1.165, 1.54) is 11.6 Å². The Bertz CT molecular complexity index is 737.